The summed E-state index contributed by atoms with van der Waals surface area (Å²) >= 11 is 0. The molecule has 0 fully saturated rings. The molecule has 3 unspecified atom stereocenters. The second-order valence-corrected chi connectivity index (χ2v) is 16.6. The number of hydrogen-bond donors (Lipinski definition) is 0. The van der Waals surface area contributed by atoms with Crippen molar-refractivity contribution in [2.24, 2.45) is 0 Å². The Morgan fingerprint density at radius 3 is 2.21 bits per heavy atom. The van der Waals surface area contributed by atoms with E-state index in [1.54, 1.807) is 0 Å². The number of rotatable bonds is 3. The number of ether oxygens (including phenoxy) is 1. The van der Waals surface area contributed by atoms with Crippen LogP contribution in [0.5, 0.6) is 5.75 Å². The van der Waals surface area contributed by atoms with E-state index in [1.165, 1.54) is 98.7 Å². The lowest BCUT2D eigenvalue weighted by Gasteiger charge is -2.29. The van der Waals surface area contributed by atoms with Gasteiger partial charge in [-0.1, -0.05) is 134 Å². The first-order valence-corrected chi connectivity index (χ1v) is 20.5. The maximum atomic E-state index is 6.56. The molecule has 0 saturated heterocycles. The minimum atomic E-state index is -0.0165. The topological polar surface area (TPSA) is 22.4 Å². The smallest absolute Gasteiger partial charge is 0.135 e. The molecule has 0 bridgehead atoms. The SMILES string of the molecule is C1=CC2Oc3ccc(-c4ccc5oc6ccc(C7C=Cc8ccc9cccc%10c9c8C7=CC%10)cc6c5c4)cc3C2C=C1c1ccc2ccc3cccc4ccc1c2c34. The van der Waals surface area contributed by atoms with E-state index in [9.17, 15) is 0 Å². The molecule has 270 valence electrons. The Balaban J connectivity index is 0.840. The highest BCUT2D eigenvalue weighted by atomic mass is 16.5. The van der Waals surface area contributed by atoms with Crippen LogP contribution in [-0.2, 0) is 6.42 Å². The van der Waals surface area contributed by atoms with Crippen LogP contribution in [0.3, 0.4) is 0 Å². The molecule has 0 N–H and O–H groups in total. The van der Waals surface area contributed by atoms with Crippen LogP contribution in [-0.4, -0.2) is 6.10 Å². The molecule has 1 aromatic heterocycles. The molecule has 58 heavy (non-hydrogen) atoms. The van der Waals surface area contributed by atoms with Crippen LogP contribution in [0.2, 0.25) is 0 Å². The van der Waals surface area contributed by atoms with Gasteiger partial charge in [-0.15, -0.1) is 0 Å². The summed E-state index contributed by atoms with van der Waals surface area (Å²) in [5.41, 5.74) is 14.8. The molecule has 1 aliphatic heterocycles. The second kappa shape index (κ2) is 11.2. The molecule has 4 aliphatic rings. The molecule has 2 heterocycles. The highest BCUT2D eigenvalue weighted by molar-refractivity contribution is 6.25. The van der Waals surface area contributed by atoms with Gasteiger partial charge in [-0.2, -0.15) is 0 Å². The Labute approximate surface area is 334 Å². The lowest BCUT2D eigenvalue weighted by atomic mass is 9.74. The van der Waals surface area contributed by atoms with Crippen molar-refractivity contribution in [1.29, 1.82) is 0 Å². The first kappa shape index (κ1) is 31.0. The summed E-state index contributed by atoms with van der Waals surface area (Å²) in [7, 11) is 0. The third kappa shape index (κ3) is 4.22. The highest BCUT2D eigenvalue weighted by Gasteiger charge is 2.34. The Kier molecular flexibility index (Phi) is 6.01. The lowest BCUT2D eigenvalue weighted by Crippen LogP contribution is -2.17. The van der Waals surface area contributed by atoms with Crippen LogP contribution >= 0.6 is 0 Å². The molecule has 10 aromatic rings. The van der Waals surface area contributed by atoms with Crippen molar-refractivity contribution in [1.82, 2.24) is 0 Å². The second-order valence-electron chi connectivity index (χ2n) is 16.6. The zero-order valence-corrected chi connectivity index (χ0v) is 31.5. The Morgan fingerprint density at radius 1 is 0.552 bits per heavy atom. The molecule has 3 aliphatic carbocycles. The summed E-state index contributed by atoms with van der Waals surface area (Å²) in [6.45, 7) is 0. The fourth-order valence-electron chi connectivity index (χ4n) is 10.9. The van der Waals surface area contributed by atoms with Gasteiger partial charge in [0.1, 0.15) is 23.0 Å². The van der Waals surface area contributed by atoms with Gasteiger partial charge in [-0.05, 0) is 142 Å². The van der Waals surface area contributed by atoms with Crippen molar-refractivity contribution in [3.8, 4) is 16.9 Å². The third-order valence-corrected chi connectivity index (χ3v) is 13.6. The standard InChI is InChI=1S/C56H34O2/c1-3-31-7-9-35-11-19-41(43-21-13-33(5-1)53(31)55(35)43)39-17-25-51-47(29-39)45-27-37(15-23-49(45)57-51)38-16-24-50-46(28-38)48-30-40(18-26-52(48)58-50)42-20-12-36-10-8-32-4-2-6-34-14-22-44(42)56(36)54(32)34/h1-13,15-30,42,47,51H,14H2. The van der Waals surface area contributed by atoms with Crippen LogP contribution in [0.25, 0.3) is 93.4 Å². The molecule has 0 saturated carbocycles. The van der Waals surface area contributed by atoms with Crippen LogP contribution in [0.1, 0.15) is 45.2 Å². The fraction of sp³-hybridized carbons (Fsp3) is 0.0714. The van der Waals surface area contributed by atoms with Gasteiger partial charge in [-0.3, -0.25) is 0 Å². The van der Waals surface area contributed by atoms with E-state index in [1.807, 2.05) is 0 Å². The average molecular weight is 739 g/mol. The molecular formula is C56H34O2. The zero-order valence-electron chi connectivity index (χ0n) is 31.5. The first-order valence-electron chi connectivity index (χ1n) is 20.5. The molecule has 2 heteroatoms. The summed E-state index contributed by atoms with van der Waals surface area (Å²) in [5, 5.41) is 12.9. The van der Waals surface area contributed by atoms with Gasteiger partial charge in [0.15, 0.2) is 0 Å². The highest BCUT2D eigenvalue weighted by Crippen LogP contribution is 2.49. The largest absolute Gasteiger partial charge is 0.485 e. The summed E-state index contributed by atoms with van der Waals surface area (Å²) in [4.78, 5) is 0. The predicted octanol–water partition coefficient (Wildman–Crippen LogP) is 14.6. The van der Waals surface area contributed by atoms with Gasteiger partial charge in [0.05, 0.1) is 0 Å². The number of furan rings is 1. The number of fused-ring (bicyclic) bond motifs is 6. The molecular weight excluding hydrogens is 705 g/mol. The zero-order chi connectivity index (χ0) is 37.6. The normalized spacial score (nSPS) is 19.0. The van der Waals surface area contributed by atoms with Crippen LogP contribution in [0.4, 0.5) is 0 Å². The van der Waals surface area contributed by atoms with E-state index in [0.29, 0.717) is 0 Å². The van der Waals surface area contributed by atoms with Crippen molar-refractivity contribution in [3.05, 3.63) is 203 Å². The van der Waals surface area contributed by atoms with Crippen molar-refractivity contribution < 1.29 is 9.15 Å². The summed E-state index contributed by atoms with van der Waals surface area (Å²) in [5.74, 6) is 1.29. The Morgan fingerprint density at radius 2 is 1.29 bits per heavy atom. The minimum absolute atomic E-state index is 0.0165. The summed E-state index contributed by atoms with van der Waals surface area (Å²) in [6, 6.07) is 51.7. The lowest BCUT2D eigenvalue weighted by molar-refractivity contribution is 0.269. The Bertz CT molecular complexity index is 3570. The maximum Gasteiger partial charge on any atom is 0.135 e. The summed E-state index contributed by atoms with van der Waals surface area (Å²) in [6.07, 6.45) is 15.1. The van der Waals surface area contributed by atoms with Crippen molar-refractivity contribution in [2.45, 2.75) is 24.4 Å². The fourth-order valence-corrected chi connectivity index (χ4v) is 10.9. The molecule has 0 amide bonds. The molecule has 3 atom stereocenters. The van der Waals surface area contributed by atoms with Gasteiger partial charge >= 0.3 is 0 Å². The van der Waals surface area contributed by atoms with Crippen LogP contribution in [0, 0.1) is 0 Å². The molecule has 9 aromatic carbocycles. The van der Waals surface area contributed by atoms with Gasteiger partial charge in [-0.25, -0.2) is 0 Å². The quantitative estimate of drug-likeness (QED) is 0.168. The van der Waals surface area contributed by atoms with E-state index in [-0.39, 0.29) is 17.9 Å². The van der Waals surface area contributed by atoms with E-state index >= 15 is 0 Å². The molecule has 0 radical (unpaired) electrons. The van der Waals surface area contributed by atoms with Crippen LogP contribution in [0.15, 0.2) is 174 Å². The van der Waals surface area contributed by atoms with E-state index in [0.717, 1.165) is 34.1 Å². The number of benzene rings is 9. The molecule has 0 spiro atoms. The summed E-state index contributed by atoms with van der Waals surface area (Å²) < 4.78 is 13.0. The van der Waals surface area contributed by atoms with Crippen molar-refractivity contribution >= 4 is 82.3 Å². The number of hydrogen-bond acceptors (Lipinski definition) is 2. The maximum absolute atomic E-state index is 6.56. The minimum Gasteiger partial charge on any atom is -0.485 e. The first-order chi connectivity index (χ1) is 28.7. The molecule has 14 rings (SSSR count). The van der Waals surface area contributed by atoms with Gasteiger partial charge in [0.2, 0.25) is 0 Å². The van der Waals surface area contributed by atoms with Gasteiger partial charge < -0.3 is 9.15 Å². The van der Waals surface area contributed by atoms with Gasteiger partial charge in [0, 0.05) is 28.2 Å². The third-order valence-electron chi connectivity index (χ3n) is 13.6. The average Bonchev–Trinajstić information content (AvgIpc) is 3.84. The number of allylic oxidation sites excluding steroid dienone is 5. The predicted molar refractivity (Wildman–Crippen MR) is 241 cm³/mol. The van der Waals surface area contributed by atoms with E-state index < -0.39 is 0 Å². The van der Waals surface area contributed by atoms with Crippen LogP contribution < -0.4 is 4.74 Å². The van der Waals surface area contributed by atoms with Crippen molar-refractivity contribution in [3.63, 3.8) is 0 Å². The monoisotopic (exact) mass is 738 g/mol. The van der Waals surface area contributed by atoms with E-state index in [4.69, 9.17) is 9.15 Å². The van der Waals surface area contributed by atoms with E-state index in [2.05, 4.69) is 176 Å². The van der Waals surface area contributed by atoms with Gasteiger partial charge in [0.25, 0.3) is 0 Å². The van der Waals surface area contributed by atoms with Crippen molar-refractivity contribution in [2.75, 3.05) is 0 Å². The molecule has 2 nitrogen and oxygen atoms in total. The Hall–Kier alpha value is -7.16.